The smallest absolute Gasteiger partial charge is 0.262 e. The van der Waals surface area contributed by atoms with Crippen LogP contribution in [0.4, 0.5) is 11.4 Å². The van der Waals surface area contributed by atoms with Gasteiger partial charge in [0.2, 0.25) is 15.9 Å². The second-order valence-electron chi connectivity index (χ2n) is 7.44. The van der Waals surface area contributed by atoms with Crippen LogP contribution in [0, 0.1) is 6.92 Å². The van der Waals surface area contributed by atoms with Crippen LogP contribution in [0.25, 0.3) is 0 Å². The van der Waals surface area contributed by atoms with Crippen molar-refractivity contribution in [3.63, 3.8) is 0 Å². The molecule has 10 heteroatoms. The lowest BCUT2D eigenvalue weighted by molar-refractivity contribution is -0.119. The zero-order valence-corrected chi connectivity index (χ0v) is 18.0. The van der Waals surface area contributed by atoms with Gasteiger partial charge >= 0.3 is 0 Å². The molecule has 0 saturated carbocycles. The minimum Gasteiger partial charge on any atom is -0.497 e. The minimum atomic E-state index is -3.95. The number of hydrogen-bond acceptors (Lipinski definition) is 6. The summed E-state index contributed by atoms with van der Waals surface area (Å²) >= 11 is 0. The van der Waals surface area contributed by atoms with Crippen LogP contribution < -0.4 is 20.1 Å². The zero-order chi connectivity index (χ0) is 22.2. The second-order valence-corrected chi connectivity index (χ2v) is 9.30. The van der Waals surface area contributed by atoms with E-state index in [1.54, 1.807) is 44.4 Å². The molecule has 164 valence electrons. The van der Waals surface area contributed by atoms with Crippen LogP contribution in [-0.4, -0.2) is 50.8 Å². The van der Waals surface area contributed by atoms with Gasteiger partial charge in [0.15, 0.2) is 6.61 Å². The molecule has 2 heterocycles. The third kappa shape index (κ3) is 4.08. The summed E-state index contributed by atoms with van der Waals surface area (Å²) < 4.78 is 38.6. The Morgan fingerprint density at radius 2 is 2.00 bits per heavy atom. The number of anilines is 2. The highest BCUT2D eigenvalue weighted by Crippen LogP contribution is 2.36. The van der Waals surface area contributed by atoms with Crippen molar-refractivity contribution in [1.29, 1.82) is 0 Å². The van der Waals surface area contributed by atoms with Crippen molar-refractivity contribution in [2.45, 2.75) is 30.7 Å². The number of amides is 2. The van der Waals surface area contributed by atoms with Crippen LogP contribution >= 0.6 is 0 Å². The molecule has 0 aromatic heterocycles. The van der Waals surface area contributed by atoms with Crippen molar-refractivity contribution in [3.8, 4) is 11.5 Å². The lowest BCUT2D eigenvalue weighted by atomic mass is 10.2. The molecule has 2 aromatic rings. The maximum absolute atomic E-state index is 13.4. The molecule has 2 aliphatic rings. The van der Waals surface area contributed by atoms with Gasteiger partial charge in [0.05, 0.1) is 17.7 Å². The van der Waals surface area contributed by atoms with E-state index in [-0.39, 0.29) is 29.9 Å². The van der Waals surface area contributed by atoms with E-state index in [1.165, 1.54) is 10.4 Å². The first-order valence-electron chi connectivity index (χ1n) is 9.83. The Morgan fingerprint density at radius 3 is 2.71 bits per heavy atom. The molecule has 0 radical (unpaired) electrons. The second kappa shape index (κ2) is 8.20. The molecule has 1 saturated heterocycles. The molecule has 0 aliphatic carbocycles. The van der Waals surface area contributed by atoms with Gasteiger partial charge in [-0.2, -0.15) is 4.31 Å². The van der Waals surface area contributed by atoms with Crippen LogP contribution in [-0.2, 0) is 19.6 Å². The molecule has 31 heavy (non-hydrogen) atoms. The number of rotatable bonds is 5. The van der Waals surface area contributed by atoms with Gasteiger partial charge in [-0.25, -0.2) is 8.42 Å². The van der Waals surface area contributed by atoms with E-state index in [0.29, 0.717) is 41.3 Å². The highest BCUT2D eigenvalue weighted by atomic mass is 32.2. The Hall–Kier alpha value is -3.11. The molecular weight excluding hydrogens is 422 g/mol. The summed E-state index contributed by atoms with van der Waals surface area (Å²) in [6.45, 7) is 1.72. The third-order valence-electron chi connectivity index (χ3n) is 5.36. The van der Waals surface area contributed by atoms with E-state index in [1.807, 2.05) is 0 Å². The molecule has 2 aromatic carbocycles. The van der Waals surface area contributed by atoms with Gasteiger partial charge in [0.1, 0.15) is 17.5 Å². The van der Waals surface area contributed by atoms with Crippen LogP contribution in [0.15, 0.2) is 41.3 Å². The number of nitrogens with one attached hydrogen (secondary N) is 2. The third-order valence-corrected chi connectivity index (χ3v) is 7.41. The van der Waals surface area contributed by atoms with E-state index < -0.39 is 16.1 Å². The minimum absolute atomic E-state index is 0.0616. The lowest BCUT2D eigenvalue weighted by Crippen LogP contribution is -2.43. The maximum Gasteiger partial charge on any atom is 0.262 e. The SMILES string of the molecule is COc1ccc(NC(=O)C2CCCN2S(=O)(=O)c2cc3c(cc2C)NC(=O)CO3)cc1. The lowest BCUT2D eigenvalue weighted by Gasteiger charge is -2.26. The Labute approximate surface area is 180 Å². The summed E-state index contributed by atoms with van der Waals surface area (Å²) in [5, 5.41) is 5.45. The molecule has 1 unspecified atom stereocenters. The van der Waals surface area contributed by atoms with Gasteiger partial charge in [-0.3, -0.25) is 9.59 Å². The highest BCUT2D eigenvalue weighted by molar-refractivity contribution is 7.89. The molecule has 1 atom stereocenters. The summed E-state index contributed by atoms with van der Waals surface area (Å²) in [4.78, 5) is 24.5. The Morgan fingerprint density at radius 1 is 1.26 bits per heavy atom. The van der Waals surface area contributed by atoms with Crippen molar-refractivity contribution in [2.24, 2.45) is 0 Å². The van der Waals surface area contributed by atoms with Crippen LogP contribution in [0.1, 0.15) is 18.4 Å². The quantitative estimate of drug-likeness (QED) is 0.729. The van der Waals surface area contributed by atoms with Gasteiger partial charge in [-0.05, 0) is 55.7 Å². The largest absolute Gasteiger partial charge is 0.497 e. The predicted octanol–water partition coefficient (Wildman–Crippen LogP) is 2.13. The standard InChI is InChI=1S/C21H23N3O6S/c1-13-10-16-18(30-12-20(25)23-16)11-19(13)31(27,28)24-9-3-4-17(24)21(26)22-14-5-7-15(29-2)8-6-14/h5-8,10-11,17H,3-4,9,12H2,1-2H3,(H,22,26)(H,23,25). The molecule has 0 spiro atoms. The summed E-state index contributed by atoms with van der Waals surface area (Å²) in [6.07, 6.45) is 1.01. The summed E-state index contributed by atoms with van der Waals surface area (Å²) in [7, 11) is -2.40. The maximum atomic E-state index is 13.4. The number of sulfonamides is 1. The number of aryl methyl sites for hydroxylation is 1. The first-order chi connectivity index (χ1) is 14.8. The van der Waals surface area contributed by atoms with Crippen molar-refractivity contribution in [3.05, 3.63) is 42.0 Å². The highest BCUT2D eigenvalue weighted by Gasteiger charge is 2.40. The van der Waals surface area contributed by atoms with Crippen LogP contribution in [0.5, 0.6) is 11.5 Å². The predicted molar refractivity (Wildman–Crippen MR) is 114 cm³/mol. The zero-order valence-electron chi connectivity index (χ0n) is 17.2. The number of hydrogen-bond donors (Lipinski definition) is 2. The molecule has 2 N–H and O–H groups in total. The number of carbonyl (C=O) groups is 2. The van der Waals surface area contributed by atoms with E-state index >= 15 is 0 Å². The number of carbonyl (C=O) groups excluding carboxylic acids is 2. The van der Waals surface area contributed by atoms with Gasteiger partial charge in [0.25, 0.3) is 5.91 Å². The van der Waals surface area contributed by atoms with Gasteiger partial charge in [-0.1, -0.05) is 0 Å². The number of ether oxygens (including phenoxy) is 2. The topological polar surface area (TPSA) is 114 Å². The molecular formula is C21H23N3O6S. The average Bonchev–Trinajstić information content (AvgIpc) is 3.25. The van der Waals surface area contributed by atoms with Crippen LogP contribution in [0.3, 0.4) is 0 Å². The van der Waals surface area contributed by atoms with Crippen molar-refractivity contribution >= 4 is 33.2 Å². The van der Waals surface area contributed by atoms with E-state index in [4.69, 9.17) is 9.47 Å². The normalized spacial score (nSPS) is 18.6. The van der Waals surface area contributed by atoms with Gasteiger partial charge in [0, 0.05) is 18.3 Å². The van der Waals surface area contributed by atoms with Gasteiger partial charge < -0.3 is 20.1 Å². The summed E-state index contributed by atoms with van der Waals surface area (Å²) in [5.74, 6) is 0.272. The monoisotopic (exact) mass is 445 g/mol. The summed E-state index contributed by atoms with van der Waals surface area (Å²) in [5.41, 5.74) is 1.46. The summed E-state index contributed by atoms with van der Waals surface area (Å²) in [6, 6.07) is 9.00. The first kappa shape index (κ1) is 21.1. The number of fused-ring (bicyclic) bond motifs is 1. The Bertz CT molecular complexity index is 1130. The molecule has 2 aliphatic heterocycles. The Kier molecular flexibility index (Phi) is 5.59. The molecule has 1 fully saturated rings. The van der Waals surface area contributed by atoms with E-state index in [0.717, 1.165) is 0 Å². The first-order valence-corrected chi connectivity index (χ1v) is 11.3. The van der Waals surface area contributed by atoms with Gasteiger partial charge in [-0.15, -0.1) is 0 Å². The fourth-order valence-electron chi connectivity index (χ4n) is 3.81. The fourth-order valence-corrected chi connectivity index (χ4v) is 5.69. The number of benzene rings is 2. The fraction of sp³-hybridized carbons (Fsp3) is 0.333. The van der Waals surface area contributed by atoms with Crippen LogP contribution in [0.2, 0.25) is 0 Å². The average molecular weight is 445 g/mol. The number of methoxy groups -OCH3 is 1. The number of nitrogens with zero attached hydrogens (tertiary/aromatic N) is 1. The van der Waals surface area contributed by atoms with E-state index in [9.17, 15) is 18.0 Å². The van der Waals surface area contributed by atoms with Crippen molar-refractivity contribution in [2.75, 3.05) is 30.9 Å². The molecule has 4 rings (SSSR count). The van der Waals surface area contributed by atoms with E-state index in [2.05, 4.69) is 10.6 Å². The molecule has 0 bridgehead atoms. The molecule has 2 amide bonds. The Balaban J connectivity index is 1.58. The molecule has 9 nitrogen and oxygen atoms in total. The van der Waals surface area contributed by atoms with Crippen molar-refractivity contribution < 1.29 is 27.5 Å². The van der Waals surface area contributed by atoms with Crippen molar-refractivity contribution in [1.82, 2.24) is 4.31 Å².